The second kappa shape index (κ2) is 9.94. The fourth-order valence-corrected chi connectivity index (χ4v) is 4.67. The molecule has 0 amide bonds. The first kappa shape index (κ1) is 25.5. The van der Waals surface area contributed by atoms with Gasteiger partial charge in [-0.2, -0.15) is 13.2 Å². The van der Waals surface area contributed by atoms with Gasteiger partial charge in [0.15, 0.2) is 5.82 Å². The van der Waals surface area contributed by atoms with Gasteiger partial charge >= 0.3 is 12.1 Å². The topological polar surface area (TPSA) is 71.8 Å². The maximum Gasteiger partial charge on any atom is 0.416 e. The van der Waals surface area contributed by atoms with Gasteiger partial charge in [-0.15, -0.1) is 0 Å². The molecule has 0 radical (unpaired) electrons. The van der Waals surface area contributed by atoms with Gasteiger partial charge in [0.1, 0.15) is 12.0 Å². The minimum absolute atomic E-state index is 0.0261. The lowest BCUT2D eigenvalue weighted by molar-refractivity contribution is -0.155. The van der Waals surface area contributed by atoms with Gasteiger partial charge in [-0.25, -0.2) is 15.4 Å². The van der Waals surface area contributed by atoms with Crippen LogP contribution >= 0.6 is 0 Å². The number of hydrogen-bond acceptors (Lipinski definition) is 6. The Balaban J connectivity index is 1.47. The first-order valence-electron chi connectivity index (χ1n) is 12.0. The third kappa shape index (κ3) is 4.99. The van der Waals surface area contributed by atoms with Gasteiger partial charge in [0.2, 0.25) is 0 Å². The minimum atomic E-state index is -4.41. The van der Waals surface area contributed by atoms with E-state index >= 15 is 0 Å². The van der Waals surface area contributed by atoms with Crippen LogP contribution in [0.2, 0.25) is 0 Å². The van der Waals surface area contributed by atoms with Crippen molar-refractivity contribution in [2.24, 2.45) is 17.5 Å². The largest absolute Gasteiger partial charge is 0.458 e. The molecule has 7 nitrogen and oxygen atoms in total. The van der Waals surface area contributed by atoms with Crippen LogP contribution in [-0.2, 0) is 35.8 Å². The van der Waals surface area contributed by atoms with Gasteiger partial charge in [0, 0.05) is 31.6 Å². The van der Waals surface area contributed by atoms with Crippen molar-refractivity contribution in [3.8, 4) is 0 Å². The quantitative estimate of drug-likeness (QED) is 0.449. The van der Waals surface area contributed by atoms with Gasteiger partial charge in [0.05, 0.1) is 23.3 Å². The second-order valence-electron chi connectivity index (χ2n) is 9.48. The molecule has 1 unspecified atom stereocenters. The highest BCUT2D eigenvalue weighted by molar-refractivity contribution is 5.86. The first-order valence-corrected chi connectivity index (χ1v) is 12.0. The van der Waals surface area contributed by atoms with E-state index in [4.69, 9.17) is 4.74 Å². The summed E-state index contributed by atoms with van der Waals surface area (Å²) in [5, 5.41) is 1.73. The molecule has 1 aromatic heterocycles. The number of fused-ring (bicyclic) bond motifs is 1. The molecule has 2 aromatic carbocycles. The van der Waals surface area contributed by atoms with Crippen LogP contribution in [0.5, 0.6) is 0 Å². The number of esters is 1. The van der Waals surface area contributed by atoms with E-state index in [-0.39, 0.29) is 6.61 Å². The Kier molecular flexibility index (Phi) is 6.66. The summed E-state index contributed by atoms with van der Waals surface area (Å²) in [6.07, 6.45) is 2.73. The molecule has 1 N–H and O–H groups in total. The van der Waals surface area contributed by atoms with E-state index in [1.807, 2.05) is 44.3 Å². The fourth-order valence-electron chi connectivity index (χ4n) is 4.67. The summed E-state index contributed by atoms with van der Waals surface area (Å²) in [5.41, 5.74) is 4.97. The Morgan fingerprint density at radius 2 is 1.84 bits per heavy atom. The van der Waals surface area contributed by atoms with Crippen molar-refractivity contribution in [3.63, 3.8) is 0 Å². The summed E-state index contributed by atoms with van der Waals surface area (Å²) < 4.78 is 46.7. The minimum Gasteiger partial charge on any atom is -0.458 e. The summed E-state index contributed by atoms with van der Waals surface area (Å²) >= 11 is 0. The molecule has 3 aromatic rings. The number of aromatic nitrogens is 2. The van der Waals surface area contributed by atoms with Crippen LogP contribution in [0.3, 0.4) is 0 Å². The first-order chi connectivity index (χ1) is 18.1. The lowest BCUT2D eigenvalue weighted by Gasteiger charge is -2.37. The summed E-state index contributed by atoms with van der Waals surface area (Å²) in [7, 11) is 1.84. The van der Waals surface area contributed by atoms with Crippen molar-refractivity contribution < 1.29 is 22.7 Å². The third-order valence-corrected chi connectivity index (χ3v) is 6.65. The Morgan fingerprint density at radius 1 is 1.11 bits per heavy atom. The number of carbonyl (C=O) groups excluding carboxylic acids is 1. The van der Waals surface area contributed by atoms with Crippen LogP contribution in [0.15, 0.2) is 89.7 Å². The Morgan fingerprint density at radius 3 is 2.50 bits per heavy atom. The number of benzene rings is 2. The van der Waals surface area contributed by atoms with Crippen molar-refractivity contribution in [3.05, 3.63) is 107 Å². The van der Waals surface area contributed by atoms with E-state index in [1.54, 1.807) is 34.4 Å². The molecule has 0 saturated heterocycles. The van der Waals surface area contributed by atoms with Crippen LogP contribution < -0.4 is 5.43 Å². The molecule has 1 atom stereocenters. The maximum atomic E-state index is 13.7. The second-order valence-corrected chi connectivity index (χ2v) is 9.48. The summed E-state index contributed by atoms with van der Waals surface area (Å²) in [5.74, 6) is 0.0942. The Bertz CT molecular complexity index is 1420. The van der Waals surface area contributed by atoms with E-state index < -0.39 is 23.1 Å². The Labute approximate surface area is 217 Å². The number of nitrogens with one attached hydrogen (secondary N) is 1. The number of ether oxygens (including phenoxy) is 1. The number of aryl methyl sites for hydroxylation is 1. The molecule has 0 fully saturated rings. The number of nitrogens with zero attached hydrogens (tertiary/aromatic N) is 4. The van der Waals surface area contributed by atoms with Crippen LogP contribution in [0, 0.1) is 5.41 Å². The standard InChI is InChI=1S/C28H26F3N5O2/c1-27(14-19-6-4-3-5-7-19,26(37)38-17-22-16-35(2)18-33-22)24-12-13-32-25-23(15-34-36(24)25)20-8-10-21(11-9-20)28(29,30)31/h3-13,16,18,34H,14-15,17H2,1-2H3. The molecule has 0 saturated carbocycles. The highest BCUT2D eigenvalue weighted by atomic mass is 19.4. The van der Waals surface area contributed by atoms with Gasteiger partial charge in [0.25, 0.3) is 0 Å². The van der Waals surface area contributed by atoms with Crippen molar-refractivity contribution in [2.75, 3.05) is 6.54 Å². The zero-order valence-corrected chi connectivity index (χ0v) is 20.9. The van der Waals surface area contributed by atoms with E-state index in [0.717, 1.165) is 23.3 Å². The highest BCUT2D eigenvalue weighted by Gasteiger charge is 2.45. The van der Waals surface area contributed by atoms with Gasteiger partial charge in [-0.1, -0.05) is 42.5 Å². The lowest BCUT2D eigenvalue weighted by Crippen LogP contribution is -2.45. The number of hydrazine groups is 1. The van der Waals surface area contributed by atoms with E-state index in [1.165, 1.54) is 12.1 Å². The molecule has 0 aliphatic carbocycles. The number of aliphatic imine (C=N–C) groups is 1. The molecule has 2 aliphatic rings. The number of alkyl halides is 3. The SMILES string of the molecule is Cn1cnc(COC(=O)C(C)(Cc2ccccc2)C2=CC=NC3=C(c4ccc(C(F)(F)F)cc4)CNN23)c1. The number of imidazole rings is 1. The molecule has 5 rings (SSSR count). The van der Waals surface area contributed by atoms with Gasteiger partial charge < -0.3 is 9.30 Å². The molecular formula is C28H26F3N5O2. The molecule has 0 bridgehead atoms. The molecule has 10 heteroatoms. The zero-order chi connectivity index (χ0) is 26.9. The predicted molar refractivity (Wildman–Crippen MR) is 136 cm³/mol. The average molecular weight is 522 g/mol. The molecule has 196 valence electrons. The number of rotatable bonds is 7. The number of allylic oxidation sites excluding steroid dienone is 1. The monoisotopic (exact) mass is 521 g/mol. The summed E-state index contributed by atoms with van der Waals surface area (Å²) in [6.45, 7) is 2.18. The van der Waals surface area contributed by atoms with Crippen molar-refractivity contribution >= 4 is 17.8 Å². The van der Waals surface area contributed by atoms with Crippen LogP contribution in [0.25, 0.3) is 5.57 Å². The predicted octanol–water partition coefficient (Wildman–Crippen LogP) is 4.89. The smallest absolute Gasteiger partial charge is 0.416 e. The summed E-state index contributed by atoms with van der Waals surface area (Å²) in [6, 6.07) is 14.6. The Hall–Kier alpha value is -4.18. The molecule has 3 heterocycles. The molecule has 38 heavy (non-hydrogen) atoms. The van der Waals surface area contributed by atoms with E-state index in [2.05, 4.69) is 15.4 Å². The van der Waals surface area contributed by atoms with Crippen molar-refractivity contribution in [2.45, 2.75) is 26.1 Å². The highest BCUT2D eigenvalue weighted by Crippen LogP contribution is 2.41. The van der Waals surface area contributed by atoms with Crippen molar-refractivity contribution in [1.29, 1.82) is 0 Å². The third-order valence-electron chi connectivity index (χ3n) is 6.65. The fraction of sp³-hybridized carbons (Fsp3) is 0.250. The molecule has 2 aliphatic heterocycles. The number of hydrogen-bond donors (Lipinski definition) is 1. The van der Waals surface area contributed by atoms with Gasteiger partial charge in [-0.3, -0.25) is 9.80 Å². The number of halogens is 3. The van der Waals surface area contributed by atoms with E-state index in [0.29, 0.717) is 35.7 Å². The van der Waals surface area contributed by atoms with E-state index in [9.17, 15) is 18.0 Å². The lowest BCUT2D eigenvalue weighted by atomic mass is 9.79. The van der Waals surface area contributed by atoms with Crippen molar-refractivity contribution in [1.82, 2.24) is 20.0 Å². The van der Waals surface area contributed by atoms with Gasteiger partial charge in [-0.05, 0) is 42.7 Å². The van der Waals surface area contributed by atoms with Crippen LogP contribution in [0.4, 0.5) is 13.2 Å². The zero-order valence-electron chi connectivity index (χ0n) is 20.9. The maximum absolute atomic E-state index is 13.7. The normalized spacial score (nSPS) is 16.8. The number of carbonyl (C=O) groups is 1. The molecular weight excluding hydrogens is 495 g/mol. The van der Waals surface area contributed by atoms with Crippen LogP contribution in [0.1, 0.15) is 29.3 Å². The molecule has 0 spiro atoms. The van der Waals surface area contributed by atoms with Crippen LogP contribution in [-0.4, -0.2) is 33.3 Å². The summed E-state index contributed by atoms with van der Waals surface area (Å²) in [4.78, 5) is 22.4. The average Bonchev–Trinajstić information content (AvgIpc) is 3.53.